The highest BCUT2D eigenvalue weighted by atomic mass is 15.2. The van der Waals surface area contributed by atoms with E-state index in [4.69, 9.17) is 0 Å². The summed E-state index contributed by atoms with van der Waals surface area (Å²) in [7, 11) is 2.07. The van der Waals surface area contributed by atoms with Crippen molar-refractivity contribution in [2.75, 3.05) is 31.6 Å². The summed E-state index contributed by atoms with van der Waals surface area (Å²) in [5.74, 6) is 2.06. The summed E-state index contributed by atoms with van der Waals surface area (Å²) in [6.07, 6.45) is 5.14. The fraction of sp³-hybridized carbons (Fsp3) is 0.692. The van der Waals surface area contributed by atoms with Gasteiger partial charge in [-0.3, -0.25) is 0 Å². The van der Waals surface area contributed by atoms with Crippen LogP contribution in [0.3, 0.4) is 0 Å². The zero-order chi connectivity index (χ0) is 12.3. The molecule has 1 aliphatic rings. The summed E-state index contributed by atoms with van der Waals surface area (Å²) in [6, 6.07) is 0. The molecule has 2 heterocycles. The molecule has 4 nitrogen and oxygen atoms in total. The fourth-order valence-corrected chi connectivity index (χ4v) is 2.17. The lowest BCUT2D eigenvalue weighted by atomic mass is 10.1. The maximum absolute atomic E-state index is 4.44. The maximum atomic E-state index is 4.44. The first-order chi connectivity index (χ1) is 8.16. The first kappa shape index (κ1) is 12.3. The zero-order valence-electron chi connectivity index (χ0n) is 11.0. The summed E-state index contributed by atoms with van der Waals surface area (Å²) in [6.45, 7) is 7.62. The number of anilines is 1. The topological polar surface area (TPSA) is 41.1 Å². The molecule has 0 aliphatic carbocycles. The highest BCUT2D eigenvalue weighted by molar-refractivity contribution is 5.29. The quantitative estimate of drug-likeness (QED) is 0.860. The molecule has 4 heteroatoms. The van der Waals surface area contributed by atoms with E-state index >= 15 is 0 Å². The third-order valence-electron chi connectivity index (χ3n) is 3.36. The lowest BCUT2D eigenvalue weighted by molar-refractivity contribution is 0.572. The molecule has 0 aromatic carbocycles. The zero-order valence-corrected chi connectivity index (χ0v) is 11.0. The van der Waals surface area contributed by atoms with Crippen LogP contribution in [-0.4, -0.2) is 36.6 Å². The van der Waals surface area contributed by atoms with E-state index in [0.717, 1.165) is 31.5 Å². The Labute approximate surface area is 103 Å². The molecular formula is C13H22N4. The first-order valence-electron chi connectivity index (χ1n) is 6.40. The highest BCUT2D eigenvalue weighted by Crippen LogP contribution is 2.15. The molecule has 0 saturated carbocycles. The van der Waals surface area contributed by atoms with Gasteiger partial charge in [-0.2, -0.15) is 0 Å². The van der Waals surface area contributed by atoms with E-state index in [1.54, 1.807) is 0 Å². The lowest BCUT2D eigenvalue weighted by Crippen LogP contribution is -2.28. The number of rotatable bonds is 4. The Morgan fingerprint density at radius 2 is 2.12 bits per heavy atom. The summed E-state index contributed by atoms with van der Waals surface area (Å²) in [4.78, 5) is 11.0. The minimum atomic E-state index is 0.494. The SMILES string of the molecule is CC(C)c1cnc(N(C)CC2CCNC2)nc1. The molecular weight excluding hydrogens is 212 g/mol. The second-order valence-electron chi connectivity index (χ2n) is 5.21. The molecule has 17 heavy (non-hydrogen) atoms. The molecule has 1 saturated heterocycles. The van der Waals surface area contributed by atoms with Crippen molar-refractivity contribution in [3.8, 4) is 0 Å². The minimum Gasteiger partial charge on any atom is -0.344 e. The van der Waals surface area contributed by atoms with Crippen LogP contribution in [0.4, 0.5) is 5.95 Å². The van der Waals surface area contributed by atoms with Gasteiger partial charge in [0.25, 0.3) is 0 Å². The maximum Gasteiger partial charge on any atom is 0.225 e. The Balaban J connectivity index is 1.96. The van der Waals surface area contributed by atoms with Gasteiger partial charge in [0.15, 0.2) is 0 Å². The van der Waals surface area contributed by atoms with E-state index in [1.165, 1.54) is 12.0 Å². The van der Waals surface area contributed by atoms with Crippen molar-refractivity contribution in [2.24, 2.45) is 5.92 Å². The van der Waals surface area contributed by atoms with E-state index in [0.29, 0.717) is 5.92 Å². The second kappa shape index (κ2) is 5.45. The molecule has 1 N–H and O–H groups in total. The van der Waals surface area contributed by atoms with E-state index in [1.807, 2.05) is 12.4 Å². The lowest BCUT2D eigenvalue weighted by Gasteiger charge is -2.20. The van der Waals surface area contributed by atoms with Gasteiger partial charge >= 0.3 is 0 Å². The average Bonchev–Trinajstić information content (AvgIpc) is 2.82. The molecule has 0 radical (unpaired) electrons. The molecule has 1 aromatic heterocycles. The largest absolute Gasteiger partial charge is 0.344 e. The Kier molecular flexibility index (Phi) is 3.94. The molecule has 1 atom stereocenters. The van der Waals surface area contributed by atoms with Crippen molar-refractivity contribution in [3.63, 3.8) is 0 Å². The highest BCUT2D eigenvalue weighted by Gasteiger charge is 2.17. The van der Waals surface area contributed by atoms with Crippen LogP contribution in [0.5, 0.6) is 0 Å². The Hall–Kier alpha value is -1.16. The molecule has 1 aromatic rings. The minimum absolute atomic E-state index is 0.494. The third kappa shape index (κ3) is 3.16. The van der Waals surface area contributed by atoms with E-state index in [9.17, 15) is 0 Å². The third-order valence-corrected chi connectivity index (χ3v) is 3.36. The van der Waals surface area contributed by atoms with Gasteiger partial charge in [0.05, 0.1) is 0 Å². The fourth-order valence-electron chi connectivity index (χ4n) is 2.17. The van der Waals surface area contributed by atoms with Crippen LogP contribution in [0.1, 0.15) is 31.7 Å². The normalized spacial score (nSPS) is 19.9. The van der Waals surface area contributed by atoms with Crippen molar-refractivity contribution >= 4 is 5.95 Å². The van der Waals surface area contributed by atoms with Gasteiger partial charge in [0.2, 0.25) is 5.95 Å². The van der Waals surface area contributed by atoms with Gasteiger partial charge in [0, 0.05) is 26.0 Å². The number of hydrogen-bond acceptors (Lipinski definition) is 4. The Morgan fingerprint density at radius 3 is 2.65 bits per heavy atom. The summed E-state index contributed by atoms with van der Waals surface area (Å²) in [5.41, 5.74) is 1.20. The number of aromatic nitrogens is 2. The summed E-state index contributed by atoms with van der Waals surface area (Å²) >= 11 is 0. The number of nitrogens with zero attached hydrogens (tertiary/aromatic N) is 3. The number of nitrogens with one attached hydrogen (secondary N) is 1. The predicted molar refractivity (Wildman–Crippen MR) is 70.4 cm³/mol. The molecule has 94 valence electrons. The van der Waals surface area contributed by atoms with Crippen LogP contribution in [0.15, 0.2) is 12.4 Å². The van der Waals surface area contributed by atoms with E-state index in [2.05, 4.69) is 41.1 Å². The van der Waals surface area contributed by atoms with Crippen molar-refractivity contribution < 1.29 is 0 Å². The molecule has 2 rings (SSSR count). The van der Waals surface area contributed by atoms with Gasteiger partial charge in [-0.1, -0.05) is 13.8 Å². The van der Waals surface area contributed by atoms with Gasteiger partial charge in [0.1, 0.15) is 0 Å². The monoisotopic (exact) mass is 234 g/mol. The summed E-state index contributed by atoms with van der Waals surface area (Å²) < 4.78 is 0. The smallest absolute Gasteiger partial charge is 0.225 e. The van der Waals surface area contributed by atoms with Crippen LogP contribution < -0.4 is 10.2 Å². The standard InChI is InChI=1S/C13H22N4/c1-10(2)12-7-15-13(16-8-12)17(3)9-11-4-5-14-6-11/h7-8,10-11,14H,4-6,9H2,1-3H3. The van der Waals surface area contributed by atoms with Crippen molar-refractivity contribution in [1.29, 1.82) is 0 Å². The molecule has 0 spiro atoms. The van der Waals surface area contributed by atoms with Crippen LogP contribution in [0, 0.1) is 5.92 Å². The van der Waals surface area contributed by atoms with E-state index in [-0.39, 0.29) is 0 Å². The number of hydrogen-bond donors (Lipinski definition) is 1. The van der Waals surface area contributed by atoms with Crippen LogP contribution in [0.2, 0.25) is 0 Å². The predicted octanol–water partition coefficient (Wildman–Crippen LogP) is 1.65. The van der Waals surface area contributed by atoms with Crippen molar-refractivity contribution in [2.45, 2.75) is 26.2 Å². The first-order valence-corrected chi connectivity index (χ1v) is 6.40. The van der Waals surface area contributed by atoms with Gasteiger partial charge in [-0.15, -0.1) is 0 Å². The molecule has 1 fully saturated rings. The van der Waals surface area contributed by atoms with E-state index < -0.39 is 0 Å². The second-order valence-corrected chi connectivity index (χ2v) is 5.21. The van der Waals surface area contributed by atoms with Crippen molar-refractivity contribution in [1.82, 2.24) is 15.3 Å². The van der Waals surface area contributed by atoms with Crippen LogP contribution in [-0.2, 0) is 0 Å². The average molecular weight is 234 g/mol. The van der Waals surface area contributed by atoms with Crippen LogP contribution in [0.25, 0.3) is 0 Å². The molecule has 1 unspecified atom stereocenters. The van der Waals surface area contributed by atoms with Crippen LogP contribution >= 0.6 is 0 Å². The van der Waals surface area contributed by atoms with Gasteiger partial charge in [-0.05, 0) is 36.9 Å². The van der Waals surface area contributed by atoms with Crippen molar-refractivity contribution in [3.05, 3.63) is 18.0 Å². The Bertz CT molecular complexity index is 341. The summed E-state index contributed by atoms with van der Waals surface area (Å²) in [5, 5.41) is 3.39. The molecule has 0 bridgehead atoms. The molecule has 0 amide bonds. The van der Waals surface area contributed by atoms with Gasteiger partial charge < -0.3 is 10.2 Å². The van der Waals surface area contributed by atoms with Gasteiger partial charge in [-0.25, -0.2) is 9.97 Å². The molecule has 1 aliphatic heterocycles. The Morgan fingerprint density at radius 1 is 1.41 bits per heavy atom.